The highest BCUT2D eigenvalue weighted by molar-refractivity contribution is 7.09. The van der Waals surface area contributed by atoms with Crippen LogP contribution < -0.4 is 10.6 Å². The summed E-state index contributed by atoms with van der Waals surface area (Å²) in [6.07, 6.45) is 1.51. The molecule has 1 aromatic heterocycles. The number of thiazole rings is 1. The monoisotopic (exact) mass is 298 g/mol. The predicted molar refractivity (Wildman–Crippen MR) is 75.2 cm³/mol. The number of carbonyl (C=O) groups is 2. The van der Waals surface area contributed by atoms with Crippen LogP contribution in [0.4, 0.5) is 4.79 Å². The maximum absolute atomic E-state index is 11.7. The highest BCUT2D eigenvalue weighted by atomic mass is 32.1. The number of hydrogen-bond donors (Lipinski definition) is 3. The molecule has 0 radical (unpaired) electrons. The van der Waals surface area contributed by atoms with Gasteiger partial charge in [0.1, 0.15) is 0 Å². The number of carboxylic acid groups (broad SMARTS) is 1. The van der Waals surface area contributed by atoms with E-state index in [1.54, 1.807) is 0 Å². The van der Waals surface area contributed by atoms with Crippen LogP contribution in [0.2, 0.25) is 0 Å². The number of urea groups is 1. The second kappa shape index (κ2) is 6.67. The Kier molecular flexibility index (Phi) is 4.91. The van der Waals surface area contributed by atoms with Gasteiger partial charge in [-0.05, 0) is 20.0 Å². The first-order valence-electron chi connectivity index (χ1n) is 6.45. The largest absolute Gasteiger partial charge is 0.476 e. The molecular formula is C12H18N4O3S. The summed E-state index contributed by atoms with van der Waals surface area (Å²) in [7, 11) is 2.03. The third-order valence-electron chi connectivity index (χ3n) is 3.12. The summed E-state index contributed by atoms with van der Waals surface area (Å²) in [6.45, 7) is 2.32. The molecule has 0 aromatic carbocycles. The molecule has 0 saturated carbocycles. The van der Waals surface area contributed by atoms with Crippen molar-refractivity contribution in [3.05, 3.63) is 16.1 Å². The van der Waals surface area contributed by atoms with Gasteiger partial charge in [0.2, 0.25) is 0 Å². The molecule has 0 spiro atoms. The third-order valence-corrected chi connectivity index (χ3v) is 4.03. The van der Waals surface area contributed by atoms with Gasteiger partial charge in [-0.15, -0.1) is 11.3 Å². The van der Waals surface area contributed by atoms with E-state index in [1.165, 1.54) is 16.7 Å². The van der Waals surface area contributed by atoms with E-state index in [0.29, 0.717) is 18.0 Å². The molecule has 3 N–H and O–H groups in total. The van der Waals surface area contributed by atoms with Gasteiger partial charge in [-0.2, -0.15) is 0 Å². The van der Waals surface area contributed by atoms with Crippen molar-refractivity contribution in [1.29, 1.82) is 0 Å². The number of aromatic carboxylic acids is 1. The smallest absolute Gasteiger partial charge is 0.355 e. The molecule has 1 aliphatic heterocycles. The lowest BCUT2D eigenvalue weighted by molar-refractivity contribution is 0.0691. The van der Waals surface area contributed by atoms with Gasteiger partial charge in [0.05, 0.1) is 5.01 Å². The summed E-state index contributed by atoms with van der Waals surface area (Å²) in [5, 5.41) is 16.6. The standard InChI is InChI=1S/C12H18N4O3S/c1-16-5-3-8(6-16)14-12(19)13-4-2-10-15-9(7-20-10)11(17)18/h7-8H,2-6H2,1H3,(H,17,18)(H2,13,14,19). The molecule has 8 heteroatoms. The molecule has 2 heterocycles. The van der Waals surface area contributed by atoms with E-state index in [4.69, 9.17) is 5.11 Å². The fourth-order valence-corrected chi connectivity index (χ4v) is 2.87. The van der Waals surface area contributed by atoms with E-state index in [-0.39, 0.29) is 17.8 Å². The number of amides is 2. The fraction of sp³-hybridized carbons (Fsp3) is 0.583. The van der Waals surface area contributed by atoms with Crippen LogP contribution in [0, 0.1) is 0 Å². The number of carboxylic acids is 1. The molecule has 20 heavy (non-hydrogen) atoms. The number of hydrogen-bond acceptors (Lipinski definition) is 5. The average molecular weight is 298 g/mol. The highest BCUT2D eigenvalue weighted by Crippen LogP contribution is 2.10. The van der Waals surface area contributed by atoms with Crippen molar-refractivity contribution >= 4 is 23.3 Å². The number of aromatic nitrogens is 1. The van der Waals surface area contributed by atoms with Gasteiger partial charge >= 0.3 is 12.0 Å². The van der Waals surface area contributed by atoms with Crippen molar-refractivity contribution in [3.8, 4) is 0 Å². The molecule has 1 saturated heterocycles. The van der Waals surface area contributed by atoms with Crippen molar-refractivity contribution in [3.63, 3.8) is 0 Å². The molecular weight excluding hydrogens is 280 g/mol. The topological polar surface area (TPSA) is 94.6 Å². The minimum Gasteiger partial charge on any atom is -0.476 e. The van der Waals surface area contributed by atoms with Crippen molar-refractivity contribution in [2.45, 2.75) is 18.9 Å². The Labute approximate surface area is 121 Å². The molecule has 2 rings (SSSR count). The molecule has 110 valence electrons. The summed E-state index contributed by atoms with van der Waals surface area (Å²) >= 11 is 1.29. The maximum Gasteiger partial charge on any atom is 0.355 e. The van der Waals surface area contributed by atoms with Gasteiger partial charge in [0.25, 0.3) is 0 Å². The Morgan fingerprint density at radius 3 is 3.00 bits per heavy atom. The first-order chi connectivity index (χ1) is 9.54. The van der Waals surface area contributed by atoms with Crippen LogP contribution >= 0.6 is 11.3 Å². The van der Waals surface area contributed by atoms with Gasteiger partial charge in [-0.1, -0.05) is 0 Å². The second-order valence-electron chi connectivity index (χ2n) is 4.83. The lowest BCUT2D eigenvalue weighted by atomic mass is 10.3. The zero-order valence-corrected chi connectivity index (χ0v) is 12.1. The van der Waals surface area contributed by atoms with E-state index in [0.717, 1.165) is 19.5 Å². The van der Waals surface area contributed by atoms with Gasteiger partial charge < -0.3 is 20.6 Å². The maximum atomic E-state index is 11.7. The average Bonchev–Trinajstić information content (AvgIpc) is 2.99. The number of carbonyl (C=O) groups excluding carboxylic acids is 1. The molecule has 1 atom stereocenters. The van der Waals surface area contributed by atoms with Crippen LogP contribution in [0.25, 0.3) is 0 Å². The summed E-state index contributed by atoms with van der Waals surface area (Å²) in [6, 6.07) is 0.0267. The van der Waals surface area contributed by atoms with Gasteiger partial charge in [0.15, 0.2) is 5.69 Å². The second-order valence-corrected chi connectivity index (χ2v) is 5.77. The van der Waals surface area contributed by atoms with Crippen LogP contribution in [0.15, 0.2) is 5.38 Å². The lowest BCUT2D eigenvalue weighted by Gasteiger charge is -2.13. The highest BCUT2D eigenvalue weighted by Gasteiger charge is 2.20. The molecule has 1 unspecified atom stereocenters. The lowest BCUT2D eigenvalue weighted by Crippen LogP contribution is -2.43. The quantitative estimate of drug-likeness (QED) is 0.731. The minimum atomic E-state index is -1.02. The molecule has 0 bridgehead atoms. The molecule has 0 aliphatic carbocycles. The summed E-state index contributed by atoms with van der Waals surface area (Å²) < 4.78 is 0. The van der Waals surface area contributed by atoms with Crippen LogP contribution in [0.3, 0.4) is 0 Å². The fourth-order valence-electron chi connectivity index (χ4n) is 2.10. The molecule has 1 fully saturated rings. The zero-order valence-electron chi connectivity index (χ0n) is 11.3. The SMILES string of the molecule is CN1CCC(NC(=O)NCCc2nc(C(=O)O)cs2)C1. The summed E-state index contributed by atoms with van der Waals surface area (Å²) in [5.41, 5.74) is 0.0587. The van der Waals surface area contributed by atoms with Gasteiger partial charge in [-0.25, -0.2) is 14.6 Å². The van der Waals surface area contributed by atoms with Crippen molar-refractivity contribution < 1.29 is 14.7 Å². The van der Waals surface area contributed by atoms with E-state index < -0.39 is 5.97 Å². The number of nitrogens with zero attached hydrogens (tertiary/aromatic N) is 2. The van der Waals surface area contributed by atoms with Crippen LogP contribution in [-0.2, 0) is 6.42 Å². The van der Waals surface area contributed by atoms with Crippen LogP contribution in [-0.4, -0.2) is 59.7 Å². The first-order valence-corrected chi connectivity index (χ1v) is 7.33. The Morgan fingerprint density at radius 1 is 1.60 bits per heavy atom. The predicted octanol–water partition coefficient (Wildman–Crippen LogP) is 0.387. The molecule has 7 nitrogen and oxygen atoms in total. The van der Waals surface area contributed by atoms with Gasteiger partial charge in [0, 0.05) is 30.9 Å². The summed E-state index contributed by atoms with van der Waals surface area (Å²) in [5.74, 6) is -1.02. The van der Waals surface area contributed by atoms with E-state index >= 15 is 0 Å². The molecule has 1 aliphatic rings. The number of likely N-dealkylation sites (tertiary alicyclic amines) is 1. The third kappa shape index (κ3) is 4.17. The number of nitrogens with one attached hydrogen (secondary N) is 2. The van der Waals surface area contributed by atoms with Crippen LogP contribution in [0.5, 0.6) is 0 Å². The minimum absolute atomic E-state index is 0.0587. The van der Waals surface area contributed by atoms with Crippen LogP contribution in [0.1, 0.15) is 21.9 Å². The Bertz CT molecular complexity index is 491. The number of likely N-dealkylation sites (N-methyl/N-ethyl adjacent to an activating group) is 1. The van der Waals surface area contributed by atoms with E-state index in [9.17, 15) is 9.59 Å². The van der Waals surface area contributed by atoms with Crippen molar-refractivity contribution in [2.75, 3.05) is 26.7 Å². The van der Waals surface area contributed by atoms with Crippen molar-refractivity contribution in [2.24, 2.45) is 0 Å². The number of rotatable bonds is 5. The summed E-state index contributed by atoms with van der Waals surface area (Å²) in [4.78, 5) is 28.5. The first kappa shape index (κ1) is 14.7. The van der Waals surface area contributed by atoms with E-state index in [2.05, 4.69) is 20.5 Å². The normalized spacial score (nSPS) is 18.9. The van der Waals surface area contributed by atoms with Crippen molar-refractivity contribution in [1.82, 2.24) is 20.5 Å². The molecule has 2 amide bonds. The Balaban J connectivity index is 1.67. The Morgan fingerprint density at radius 2 is 2.40 bits per heavy atom. The zero-order chi connectivity index (χ0) is 14.5. The Hall–Kier alpha value is -1.67. The van der Waals surface area contributed by atoms with Gasteiger partial charge in [-0.3, -0.25) is 0 Å². The molecule has 1 aromatic rings. The van der Waals surface area contributed by atoms with E-state index in [1.807, 2.05) is 7.05 Å².